The Hall–Kier alpha value is -5.40. The average Bonchev–Trinajstić information content (AvgIpc) is 3.02. The summed E-state index contributed by atoms with van der Waals surface area (Å²) in [5.74, 6) is -0.503. The van der Waals surface area contributed by atoms with Gasteiger partial charge in [-0.2, -0.15) is 0 Å². The maximum absolute atomic E-state index is 13.8. The number of nitrogens with one attached hydrogen (secondary N) is 1. The maximum Gasteiger partial charge on any atom is 0.335 e. The van der Waals surface area contributed by atoms with E-state index < -0.39 is 17.8 Å². The van der Waals surface area contributed by atoms with Crippen molar-refractivity contribution in [1.29, 1.82) is 0 Å². The zero-order valence-electron chi connectivity index (χ0n) is 24.7. The number of aryl methyl sites for hydroxylation is 2. The van der Waals surface area contributed by atoms with Crippen LogP contribution in [0.1, 0.15) is 27.8 Å². The molecule has 0 bridgehead atoms. The van der Waals surface area contributed by atoms with Crippen LogP contribution in [0.15, 0.2) is 109 Å². The molecule has 1 fully saturated rings. The molecule has 0 aliphatic carbocycles. The number of hydrogen-bond acceptors (Lipinski definition) is 5. The lowest BCUT2D eigenvalue weighted by atomic mass is 9.99. The summed E-state index contributed by atoms with van der Waals surface area (Å²) in [6.07, 6.45) is 1.50. The molecule has 1 heterocycles. The van der Waals surface area contributed by atoms with Crippen molar-refractivity contribution < 1.29 is 23.9 Å². The molecular formula is C37H29ClN2O5. The van der Waals surface area contributed by atoms with E-state index in [1.165, 1.54) is 6.08 Å². The molecule has 1 aliphatic heterocycles. The molecule has 4 amide bonds. The first-order chi connectivity index (χ1) is 21.8. The third-order valence-corrected chi connectivity index (χ3v) is 7.81. The van der Waals surface area contributed by atoms with Gasteiger partial charge in [0.25, 0.3) is 11.8 Å². The van der Waals surface area contributed by atoms with Gasteiger partial charge in [-0.1, -0.05) is 89.5 Å². The Morgan fingerprint density at radius 3 is 2.24 bits per heavy atom. The van der Waals surface area contributed by atoms with Crippen molar-refractivity contribution in [2.75, 3.05) is 4.90 Å². The van der Waals surface area contributed by atoms with Crippen molar-refractivity contribution in [2.24, 2.45) is 0 Å². The number of imide groups is 2. The Labute approximate surface area is 265 Å². The van der Waals surface area contributed by atoms with E-state index in [2.05, 4.69) is 23.5 Å². The number of urea groups is 1. The number of hydrogen-bond donors (Lipinski definition) is 1. The third-order valence-electron chi connectivity index (χ3n) is 7.44. The van der Waals surface area contributed by atoms with Crippen molar-refractivity contribution in [3.63, 3.8) is 0 Å². The molecule has 8 heteroatoms. The van der Waals surface area contributed by atoms with Gasteiger partial charge < -0.3 is 9.47 Å². The standard InChI is InChI=1S/C37H29ClN2O5/c1-23-17-24(2)19-25(18-23)21-45-34-16-11-26-7-3-5-9-30(26)31(34)20-32-35(41)39-37(43)40(36(32)42)28-12-14-29(15-13-28)44-22-27-8-4-6-10-33(27)38/h3-20H,21-22H2,1-2H3,(H,39,41,43)/b32-20+. The largest absolute Gasteiger partial charge is 0.489 e. The van der Waals surface area contributed by atoms with E-state index in [-0.39, 0.29) is 17.9 Å². The fraction of sp³-hybridized carbons (Fsp3) is 0.108. The summed E-state index contributed by atoms with van der Waals surface area (Å²) in [6.45, 7) is 4.61. The van der Waals surface area contributed by atoms with Gasteiger partial charge in [0, 0.05) is 16.1 Å². The van der Waals surface area contributed by atoms with Crippen molar-refractivity contribution >= 4 is 52.0 Å². The zero-order valence-corrected chi connectivity index (χ0v) is 25.4. The molecule has 0 atom stereocenters. The SMILES string of the molecule is Cc1cc(C)cc(COc2ccc3ccccc3c2/C=C2\C(=O)NC(=O)N(c3ccc(OCc4ccccc4Cl)cc3)C2=O)c1. The van der Waals surface area contributed by atoms with E-state index in [1.807, 2.05) is 68.4 Å². The first-order valence-corrected chi connectivity index (χ1v) is 14.7. The summed E-state index contributed by atoms with van der Waals surface area (Å²) in [5.41, 5.74) is 4.74. The Morgan fingerprint density at radius 2 is 1.49 bits per heavy atom. The molecule has 0 spiro atoms. The topological polar surface area (TPSA) is 84.9 Å². The number of halogens is 1. The second kappa shape index (κ2) is 12.7. The minimum Gasteiger partial charge on any atom is -0.489 e. The van der Waals surface area contributed by atoms with Crippen molar-refractivity contribution in [1.82, 2.24) is 5.32 Å². The van der Waals surface area contributed by atoms with Crippen LogP contribution in [-0.2, 0) is 22.8 Å². The first kappa shape index (κ1) is 29.7. The van der Waals surface area contributed by atoms with Gasteiger partial charge in [0.05, 0.1) is 5.69 Å². The quantitative estimate of drug-likeness (QED) is 0.141. The smallest absolute Gasteiger partial charge is 0.335 e. The van der Waals surface area contributed by atoms with E-state index in [0.717, 1.165) is 37.9 Å². The number of benzene rings is 5. The van der Waals surface area contributed by atoms with Gasteiger partial charge in [0.1, 0.15) is 30.3 Å². The fourth-order valence-corrected chi connectivity index (χ4v) is 5.56. The molecular weight excluding hydrogens is 588 g/mol. The average molecular weight is 617 g/mol. The van der Waals surface area contributed by atoms with Crippen molar-refractivity contribution in [3.8, 4) is 11.5 Å². The van der Waals surface area contributed by atoms with Gasteiger partial charge in [0.15, 0.2) is 0 Å². The van der Waals surface area contributed by atoms with Crippen LogP contribution in [0.4, 0.5) is 10.5 Å². The van der Waals surface area contributed by atoms with E-state index in [4.69, 9.17) is 21.1 Å². The summed E-state index contributed by atoms with van der Waals surface area (Å²) in [7, 11) is 0. The van der Waals surface area contributed by atoms with Crippen LogP contribution < -0.4 is 19.7 Å². The van der Waals surface area contributed by atoms with Crippen LogP contribution in [0.2, 0.25) is 5.02 Å². The monoisotopic (exact) mass is 616 g/mol. The van der Waals surface area contributed by atoms with Gasteiger partial charge >= 0.3 is 6.03 Å². The van der Waals surface area contributed by atoms with E-state index in [0.29, 0.717) is 28.7 Å². The number of rotatable bonds is 8. The molecule has 5 aromatic rings. The first-order valence-electron chi connectivity index (χ1n) is 14.4. The minimum absolute atomic E-state index is 0.193. The lowest BCUT2D eigenvalue weighted by molar-refractivity contribution is -0.122. The Bertz CT molecular complexity index is 1960. The van der Waals surface area contributed by atoms with Gasteiger partial charge in [-0.05, 0) is 72.7 Å². The molecule has 5 aromatic carbocycles. The number of carbonyl (C=O) groups is 3. The molecule has 0 saturated carbocycles. The molecule has 6 rings (SSSR count). The Morgan fingerprint density at radius 1 is 0.778 bits per heavy atom. The summed E-state index contributed by atoms with van der Waals surface area (Å²) in [5, 5.41) is 4.61. The summed E-state index contributed by atoms with van der Waals surface area (Å²) < 4.78 is 12.1. The second-order valence-electron chi connectivity index (χ2n) is 10.8. The van der Waals surface area contributed by atoms with Crippen LogP contribution >= 0.6 is 11.6 Å². The highest BCUT2D eigenvalue weighted by Gasteiger charge is 2.37. The number of fused-ring (bicyclic) bond motifs is 1. The normalized spacial score (nSPS) is 14.2. The van der Waals surface area contributed by atoms with Crippen LogP contribution in [-0.4, -0.2) is 17.8 Å². The third kappa shape index (κ3) is 6.44. The molecule has 224 valence electrons. The Kier molecular flexibility index (Phi) is 8.36. The van der Waals surface area contributed by atoms with Crippen LogP contribution in [0.5, 0.6) is 11.5 Å². The maximum atomic E-state index is 13.8. The molecule has 45 heavy (non-hydrogen) atoms. The highest BCUT2D eigenvalue weighted by atomic mass is 35.5. The predicted octanol–water partition coefficient (Wildman–Crippen LogP) is 7.93. The molecule has 0 unspecified atom stereocenters. The van der Waals surface area contributed by atoms with E-state index in [1.54, 1.807) is 30.3 Å². The highest BCUT2D eigenvalue weighted by Crippen LogP contribution is 2.33. The number of barbiturate groups is 1. The summed E-state index contributed by atoms with van der Waals surface area (Å²) in [4.78, 5) is 40.7. The molecule has 0 radical (unpaired) electrons. The Balaban J connectivity index is 1.30. The second-order valence-corrected chi connectivity index (χ2v) is 11.2. The van der Waals surface area contributed by atoms with E-state index >= 15 is 0 Å². The lowest BCUT2D eigenvalue weighted by Crippen LogP contribution is -2.54. The number of amides is 4. The number of ether oxygens (including phenoxy) is 2. The fourth-order valence-electron chi connectivity index (χ4n) is 5.37. The summed E-state index contributed by atoms with van der Waals surface area (Å²) in [6, 6.07) is 30.6. The van der Waals surface area contributed by atoms with Crippen LogP contribution in [0, 0.1) is 13.8 Å². The number of anilines is 1. The van der Waals surface area contributed by atoms with Crippen molar-refractivity contribution in [2.45, 2.75) is 27.1 Å². The molecule has 1 saturated heterocycles. The lowest BCUT2D eigenvalue weighted by Gasteiger charge is -2.26. The zero-order chi connectivity index (χ0) is 31.5. The highest BCUT2D eigenvalue weighted by molar-refractivity contribution is 6.39. The van der Waals surface area contributed by atoms with Crippen molar-refractivity contribution in [3.05, 3.63) is 142 Å². The van der Waals surface area contributed by atoms with Gasteiger partial charge in [0.2, 0.25) is 0 Å². The molecule has 0 aromatic heterocycles. The van der Waals surface area contributed by atoms with Gasteiger partial charge in [-0.15, -0.1) is 0 Å². The summed E-state index contributed by atoms with van der Waals surface area (Å²) >= 11 is 6.22. The van der Waals surface area contributed by atoms with E-state index in [9.17, 15) is 14.4 Å². The van der Waals surface area contributed by atoms with Gasteiger partial charge in [-0.3, -0.25) is 14.9 Å². The van der Waals surface area contributed by atoms with Gasteiger partial charge in [-0.25, -0.2) is 9.69 Å². The minimum atomic E-state index is -0.837. The molecule has 1 N–H and O–H groups in total. The predicted molar refractivity (Wildman–Crippen MR) is 175 cm³/mol. The van der Waals surface area contributed by atoms with Crippen LogP contribution in [0.25, 0.3) is 16.8 Å². The molecule has 7 nitrogen and oxygen atoms in total. The molecule has 1 aliphatic rings. The van der Waals surface area contributed by atoms with Crippen LogP contribution in [0.3, 0.4) is 0 Å². The number of nitrogens with zero attached hydrogens (tertiary/aromatic N) is 1. The number of carbonyl (C=O) groups excluding carboxylic acids is 3.